The van der Waals surface area contributed by atoms with Crippen LogP contribution in [0.15, 0.2) is 12.2 Å². The van der Waals surface area contributed by atoms with Gasteiger partial charge in [0.15, 0.2) is 0 Å². The molecule has 0 amide bonds. The fourth-order valence-electron chi connectivity index (χ4n) is 1.93. The summed E-state index contributed by atoms with van der Waals surface area (Å²) < 4.78 is 0. The molecule has 78 valence electrons. The molecule has 0 aromatic carbocycles. The fraction of sp³-hybridized carbons (Fsp3) is 0.818. The van der Waals surface area contributed by atoms with Gasteiger partial charge in [-0.3, -0.25) is 0 Å². The molecule has 0 aliphatic carbocycles. The van der Waals surface area contributed by atoms with E-state index in [9.17, 15) is 0 Å². The lowest BCUT2D eigenvalue weighted by Gasteiger charge is -2.29. The van der Waals surface area contributed by atoms with E-state index in [1.54, 1.807) is 0 Å². The zero-order valence-corrected chi connectivity index (χ0v) is 11.0. The summed E-state index contributed by atoms with van der Waals surface area (Å²) in [5, 5.41) is 0. The van der Waals surface area contributed by atoms with Crippen molar-refractivity contribution in [3.8, 4) is 0 Å². The first-order valence-corrected chi connectivity index (χ1v) is 8.69. The summed E-state index contributed by atoms with van der Waals surface area (Å²) >= 11 is 0. The molecule has 0 saturated heterocycles. The Bertz CT molecular complexity index is 159. The van der Waals surface area contributed by atoms with Crippen LogP contribution in [0.4, 0.5) is 0 Å². The molecule has 0 unspecified atom stereocenters. The highest BCUT2D eigenvalue weighted by molar-refractivity contribution is 6.78. The second-order valence-corrected chi connectivity index (χ2v) is 9.76. The molecule has 0 aliphatic heterocycles. The van der Waals surface area contributed by atoms with Crippen LogP contribution in [0.25, 0.3) is 0 Å². The Labute approximate surface area is 84.8 Å². The molecule has 0 atom stereocenters. The van der Waals surface area contributed by atoms with E-state index < -0.39 is 8.07 Å². The van der Waals surface area contributed by atoms with Crippen molar-refractivity contribution in [3.63, 3.8) is 0 Å². The van der Waals surface area contributed by atoms with Crippen molar-refractivity contribution in [1.29, 1.82) is 0 Å². The molecular formula is C11H25NSi. The molecule has 0 aliphatic rings. The van der Waals surface area contributed by atoms with Crippen molar-refractivity contribution in [2.45, 2.75) is 39.9 Å². The van der Waals surface area contributed by atoms with E-state index >= 15 is 0 Å². The lowest BCUT2D eigenvalue weighted by atomic mass is 10.4. The van der Waals surface area contributed by atoms with Crippen LogP contribution in [0, 0.1) is 0 Å². The zero-order chi connectivity index (χ0) is 10.5. The van der Waals surface area contributed by atoms with Gasteiger partial charge in [0.05, 0.1) is 8.07 Å². The number of allylic oxidation sites excluding steroid dienone is 1. The first-order valence-electron chi connectivity index (χ1n) is 5.28. The molecule has 0 bridgehead atoms. The maximum atomic E-state index is 4.02. The maximum Gasteiger partial charge on any atom is 0.0669 e. The van der Waals surface area contributed by atoms with Crippen LogP contribution in [0.1, 0.15) is 20.8 Å². The maximum absolute atomic E-state index is 4.02. The van der Waals surface area contributed by atoms with Gasteiger partial charge >= 0.3 is 0 Å². The Morgan fingerprint density at radius 2 is 1.69 bits per heavy atom. The van der Waals surface area contributed by atoms with Crippen LogP contribution < -0.4 is 0 Å². The van der Waals surface area contributed by atoms with E-state index in [1.165, 1.54) is 30.9 Å². The Balaban J connectivity index is 4.05. The molecule has 0 fully saturated rings. The van der Waals surface area contributed by atoms with Crippen LogP contribution in [0.2, 0.25) is 19.1 Å². The summed E-state index contributed by atoms with van der Waals surface area (Å²) in [6.07, 6.45) is 1.31. The Hall–Kier alpha value is -0.0831. The van der Waals surface area contributed by atoms with E-state index in [0.717, 1.165) is 0 Å². The lowest BCUT2D eigenvalue weighted by Crippen LogP contribution is -2.42. The van der Waals surface area contributed by atoms with Gasteiger partial charge in [0.1, 0.15) is 0 Å². The van der Waals surface area contributed by atoms with Gasteiger partial charge in [-0.05, 0) is 32.2 Å². The number of rotatable bonds is 6. The van der Waals surface area contributed by atoms with Crippen LogP contribution in [0.5, 0.6) is 0 Å². The van der Waals surface area contributed by atoms with Crippen molar-refractivity contribution in [3.05, 3.63) is 12.2 Å². The van der Waals surface area contributed by atoms with Crippen molar-refractivity contribution in [1.82, 2.24) is 4.90 Å². The molecule has 0 N–H and O–H groups in total. The van der Waals surface area contributed by atoms with E-state index in [1.807, 2.05) is 0 Å². The smallest absolute Gasteiger partial charge is 0.0669 e. The normalized spacial score (nSPS) is 12.2. The number of hydrogen-bond donors (Lipinski definition) is 0. The second kappa shape index (κ2) is 5.61. The molecule has 0 aromatic heterocycles. The number of nitrogens with zero attached hydrogens (tertiary/aromatic N) is 1. The average molecular weight is 199 g/mol. The Kier molecular flexibility index (Phi) is 5.57. The van der Waals surface area contributed by atoms with E-state index in [2.05, 4.69) is 45.3 Å². The highest BCUT2D eigenvalue weighted by Gasteiger charge is 2.22. The first-order chi connectivity index (χ1) is 5.91. The van der Waals surface area contributed by atoms with Crippen molar-refractivity contribution in [2.75, 3.05) is 19.3 Å². The molecule has 0 saturated carbocycles. The molecule has 0 rings (SSSR count). The van der Waals surface area contributed by atoms with Crippen molar-refractivity contribution >= 4 is 8.07 Å². The van der Waals surface area contributed by atoms with Crippen LogP contribution >= 0.6 is 0 Å². The van der Waals surface area contributed by atoms with Crippen molar-refractivity contribution in [2.24, 2.45) is 0 Å². The van der Waals surface area contributed by atoms with Crippen molar-refractivity contribution < 1.29 is 0 Å². The molecule has 0 spiro atoms. The monoisotopic (exact) mass is 199 g/mol. The van der Waals surface area contributed by atoms with Gasteiger partial charge in [0.25, 0.3) is 0 Å². The van der Waals surface area contributed by atoms with Gasteiger partial charge in [-0.15, -0.1) is 6.58 Å². The highest BCUT2D eigenvalue weighted by Crippen LogP contribution is 2.16. The van der Waals surface area contributed by atoms with Gasteiger partial charge in [-0.1, -0.05) is 32.5 Å². The van der Waals surface area contributed by atoms with E-state index in [4.69, 9.17) is 0 Å². The lowest BCUT2D eigenvalue weighted by molar-refractivity contribution is 0.347. The fourth-order valence-corrected chi connectivity index (χ4v) is 5.33. The van der Waals surface area contributed by atoms with Gasteiger partial charge in [-0.25, -0.2) is 0 Å². The second-order valence-electron chi connectivity index (χ2n) is 4.76. The highest BCUT2D eigenvalue weighted by atomic mass is 28.3. The van der Waals surface area contributed by atoms with Crippen LogP contribution in [-0.4, -0.2) is 32.2 Å². The summed E-state index contributed by atoms with van der Waals surface area (Å²) in [6, 6.07) is 1.27. The van der Waals surface area contributed by atoms with Gasteiger partial charge < -0.3 is 4.90 Å². The third-order valence-corrected chi connectivity index (χ3v) is 5.19. The third-order valence-electron chi connectivity index (χ3n) is 2.33. The topological polar surface area (TPSA) is 3.24 Å². The molecular weight excluding hydrogens is 174 g/mol. The number of hydrogen-bond acceptors (Lipinski definition) is 1. The van der Waals surface area contributed by atoms with Gasteiger partial charge in [0, 0.05) is 0 Å². The minimum atomic E-state index is -1.05. The van der Waals surface area contributed by atoms with Gasteiger partial charge in [0.2, 0.25) is 0 Å². The third kappa shape index (κ3) is 6.05. The van der Waals surface area contributed by atoms with E-state index in [0.29, 0.717) is 0 Å². The predicted octanol–water partition coefficient (Wildman–Crippen LogP) is 3.15. The van der Waals surface area contributed by atoms with Gasteiger partial charge in [-0.2, -0.15) is 0 Å². The largest absolute Gasteiger partial charge is 0.307 e. The molecule has 1 nitrogen and oxygen atoms in total. The van der Waals surface area contributed by atoms with Crippen LogP contribution in [-0.2, 0) is 0 Å². The first kappa shape index (κ1) is 12.9. The molecule has 0 heterocycles. The summed E-state index contributed by atoms with van der Waals surface area (Å²) in [4.78, 5) is 2.54. The molecule has 13 heavy (non-hydrogen) atoms. The Morgan fingerprint density at radius 3 is 2.00 bits per heavy atom. The molecule has 0 radical (unpaired) electrons. The summed E-state index contributed by atoms with van der Waals surface area (Å²) in [6.45, 7) is 17.9. The SMILES string of the molecule is C=C(C)C[Si](C)(C)CN(CC)CC. The summed E-state index contributed by atoms with van der Waals surface area (Å²) in [5.74, 6) is 0. The molecule has 2 heteroatoms. The predicted molar refractivity (Wildman–Crippen MR) is 64.9 cm³/mol. The van der Waals surface area contributed by atoms with E-state index in [-0.39, 0.29) is 0 Å². The standard InChI is InChI=1S/C11H25NSi/c1-7-12(8-2)10-13(5,6)9-11(3)4/h3,7-10H2,1-2,4-6H3. The summed E-state index contributed by atoms with van der Waals surface area (Å²) in [5.41, 5.74) is 1.35. The average Bonchev–Trinajstić information content (AvgIpc) is 1.97. The minimum Gasteiger partial charge on any atom is -0.307 e. The Morgan fingerprint density at radius 1 is 1.23 bits per heavy atom. The zero-order valence-electron chi connectivity index (χ0n) is 9.98. The summed E-state index contributed by atoms with van der Waals surface area (Å²) in [7, 11) is -1.05. The quantitative estimate of drug-likeness (QED) is 0.469. The van der Waals surface area contributed by atoms with Crippen LogP contribution in [0.3, 0.4) is 0 Å². The molecule has 0 aromatic rings. The minimum absolute atomic E-state index is 1.05.